The Morgan fingerprint density at radius 2 is 2.00 bits per heavy atom. The standard InChI is InChI=1S/C6H11.Au/c1-4-5-6(2)3;/h1,4,6H,5H2,2-3H3;/q-1;+1. The molecule has 0 spiro atoms. The first-order valence-corrected chi connectivity index (χ1v) is 2.30. The van der Waals surface area contributed by atoms with Crippen LogP contribution in [0.25, 0.3) is 0 Å². The minimum Gasteiger partial charge on any atom is -0.518 e. The summed E-state index contributed by atoms with van der Waals surface area (Å²) < 4.78 is 0. The first kappa shape index (κ1) is 10.5. The molecule has 0 bridgehead atoms. The fourth-order valence-corrected chi connectivity index (χ4v) is 0.272. The van der Waals surface area contributed by atoms with E-state index in [4.69, 9.17) is 6.58 Å². The molecule has 0 aromatic heterocycles. The van der Waals surface area contributed by atoms with E-state index in [2.05, 4.69) is 13.8 Å². The Morgan fingerprint density at radius 1 is 1.57 bits per heavy atom. The Kier molecular flexibility index (Phi) is 9.68. The maximum atomic E-state index is 5.10. The first-order chi connectivity index (χ1) is 2.77. The Bertz CT molecular complexity index is 39.4. The summed E-state index contributed by atoms with van der Waals surface area (Å²) in [5, 5.41) is 0. The smallest absolute Gasteiger partial charge is 0.518 e. The van der Waals surface area contributed by atoms with Gasteiger partial charge >= 0.3 is 22.4 Å². The third kappa shape index (κ3) is 10.7. The van der Waals surface area contributed by atoms with Crippen LogP contribution in [0.3, 0.4) is 0 Å². The summed E-state index contributed by atoms with van der Waals surface area (Å²) >= 11 is 0. The van der Waals surface area contributed by atoms with Gasteiger partial charge in [-0.2, -0.15) is 0 Å². The summed E-state index contributed by atoms with van der Waals surface area (Å²) in [7, 11) is 0. The molecule has 0 aliphatic rings. The van der Waals surface area contributed by atoms with Gasteiger partial charge in [-0.05, 0) is 5.92 Å². The topological polar surface area (TPSA) is 0 Å². The number of rotatable bonds is 2. The molecule has 0 saturated carbocycles. The van der Waals surface area contributed by atoms with Crippen molar-refractivity contribution in [1.82, 2.24) is 0 Å². The molecule has 0 amide bonds. The van der Waals surface area contributed by atoms with Gasteiger partial charge < -0.3 is 6.58 Å². The molecule has 0 aromatic rings. The van der Waals surface area contributed by atoms with Crippen molar-refractivity contribution in [3.8, 4) is 0 Å². The van der Waals surface area contributed by atoms with Gasteiger partial charge in [-0.1, -0.05) is 20.3 Å². The van der Waals surface area contributed by atoms with E-state index in [1.54, 1.807) is 6.08 Å². The summed E-state index contributed by atoms with van der Waals surface area (Å²) in [6.07, 6.45) is 2.73. The van der Waals surface area contributed by atoms with Gasteiger partial charge in [0.2, 0.25) is 0 Å². The molecule has 0 fully saturated rings. The molecule has 0 N–H and O–H groups in total. The minimum absolute atomic E-state index is 0. The van der Waals surface area contributed by atoms with Crippen LogP contribution in [0.1, 0.15) is 20.3 Å². The van der Waals surface area contributed by atoms with Crippen molar-refractivity contribution < 1.29 is 22.4 Å². The fourth-order valence-electron chi connectivity index (χ4n) is 0.272. The third-order valence-corrected chi connectivity index (χ3v) is 0.607. The van der Waals surface area contributed by atoms with Crippen molar-refractivity contribution >= 4 is 0 Å². The van der Waals surface area contributed by atoms with Crippen LogP contribution in [0.15, 0.2) is 6.08 Å². The molecule has 0 unspecified atom stereocenters. The Labute approximate surface area is 61.5 Å². The second-order valence-corrected chi connectivity index (χ2v) is 1.87. The molecular formula is C6H11Au. The molecule has 7 heavy (non-hydrogen) atoms. The predicted molar refractivity (Wildman–Crippen MR) is 28.3 cm³/mol. The minimum atomic E-state index is 0. The van der Waals surface area contributed by atoms with Crippen LogP contribution in [-0.4, -0.2) is 0 Å². The van der Waals surface area contributed by atoms with Crippen molar-refractivity contribution in [2.75, 3.05) is 0 Å². The van der Waals surface area contributed by atoms with Gasteiger partial charge in [0.05, 0.1) is 0 Å². The van der Waals surface area contributed by atoms with E-state index in [9.17, 15) is 0 Å². The zero-order chi connectivity index (χ0) is 4.99. The summed E-state index contributed by atoms with van der Waals surface area (Å²) in [6.45, 7) is 9.39. The van der Waals surface area contributed by atoms with Crippen LogP contribution in [-0.2, 0) is 22.4 Å². The second kappa shape index (κ2) is 6.48. The first-order valence-electron chi connectivity index (χ1n) is 2.30. The SMILES string of the molecule is [Au+].[CH-]=CCC(C)C. The molecule has 0 radical (unpaired) electrons. The van der Waals surface area contributed by atoms with E-state index in [1.165, 1.54) is 0 Å². The summed E-state index contributed by atoms with van der Waals surface area (Å²) in [4.78, 5) is 0. The van der Waals surface area contributed by atoms with Crippen molar-refractivity contribution in [2.45, 2.75) is 20.3 Å². The molecule has 0 aliphatic heterocycles. The molecule has 1 heteroatoms. The molecule has 0 rings (SSSR count). The number of hydrogen-bond acceptors (Lipinski definition) is 0. The molecule has 0 aliphatic carbocycles. The van der Waals surface area contributed by atoms with E-state index >= 15 is 0 Å². The van der Waals surface area contributed by atoms with Gasteiger partial charge in [0.15, 0.2) is 0 Å². The van der Waals surface area contributed by atoms with Crippen LogP contribution >= 0.6 is 0 Å². The van der Waals surface area contributed by atoms with E-state index in [-0.39, 0.29) is 22.4 Å². The van der Waals surface area contributed by atoms with Crippen LogP contribution < -0.4 is 0 Å². The molecule has 0 heterocycles. The van der Waals surface area contributed by atoms with Crippen LogP contribution in [0.4, 0.5) is 0 Å². The van der Waals surface area contributed by atoms with Gasteiger partial charge in [0, 0.05) is 0 Å². The largest absolute Gasteiger partial charge is 1.00 e. The zero-order valence-corrected chi connectivity index (χ0v) is 6.91. The molecule has 0 atom stereocenters. The average molecular weight is 280 g/mol. The number of hydrogen-bond donors (Lipinski definition) is 0. The van der Waals surface area contributed by atoms with E-state index in [0.717, 1.165) is 12.3 Å². The number of allylic oxidation sites excluding steroid dienone is 1. The van der Waals surface area contributed by atoms with Crippen molar-refractivity contribution in [1.29, 1.82) is 0 Å². The third-order valence-electron chi connectivity index (χ3n) is 0.607. The van der Waals surface area contributed by atoms with Crippen molar-refractivity contribution in [2.24, 2.45) is 5.92 Å². The molecule has 0 nitrogen and oxygen atoms in total. The van der Waals surface area contributed by atoms with E-state index in [0.29, 0.717) is 0 Å². The maximum absolute atomic E-state index is 5.10. The van der Waals surface area contributed by atoms with Crippen LogP contribution in [0.5, 0.6) is 0 Å². The van der Waals surface area contributed by atoms with Gasteiger partial charge in [-0.3, -0.25) is 6.08 Å². The van der Waals surface area contributed by atoms with Crippen molar-refractivity contribution in [3.05, 3.63) is 12.7 Å². The van der Waals surface area contributed by atoms with Crippen molar-refractivity contribution in [3.63, 3.8) is 0 Å². The summed E-state index contributed by atoms with van der Waals surface area (Å²) in [6, 6.07) is 0. The van der Waals surface area contributed by atoms with Crippen LogP contribution in [0.2, 0.25) is 0 Å². The monoisotopic (exact) mass is 280 g/mol. The van der Waals surface area contributed by atoms with E-state index in [1.807, 2.05) is 0 Å². The van der Waals surface area contributed by atoms with Gasteiger partial charge in [-0.15, -0.1) is 0 Å². The molecule has 0 saturated heterocycles. The average Bonchev–Trinajstić information content (AvgIpc) is 1.35. The quantitative estimate of drug-likeness (QED) is 0.536. The Morgan fingerprint density at radius 3 is 2.00 bits per heavy atom. The predicted octanol–water partition coefficient (Wildman–Crippen LogP) is 2.02. The fraction of sp³-hybridized carbons (Fsp3) is 0.667. The second-order valence-electron chi connectivity index (χ2n) is 1.87. The molecule has 0 aromatic carbocycles. The van der Waals surface area contributed by atoms with E-state index < -0.39 is 0 Å². The van der Waals surface area contributed by atoms with Gasteiger partial charge in [0.1, 0.15) is 0 Å². The summed E-state index contributed by atoms with van der Waals surface area (Å²) in [5.74, 6) is 0.718. The van der Waals surface area contributed by atoms with Crippen LogP contribution in [0, 0.1) is 12.5 Å². The molecular weight excluding hydrogens is 269 g/mol. The zero-order valence-electron chi connectivity index (χ0n) is 4.74. The Hall–Kier alpha value is 0.480. The Balaban J connectivity index is 0. The molecule has 46 valence electrons. The summed E-state index contributed by atoms with van der Waals surface area (Å²) in [5.41, 5.74) is 0. The maximum Gasteiger partial charge on any atom is 1.00 e. The van der Waals surface area contributed by atoms with Gasteiger partial charge in [-0.25, -0.2) is 0 Å². The van der Waals surface area contributed by atoms with Gasteiger partial charge in [0.25, 0.3) is 0 Å². The normalized spacial score (nSPS) is 7.86.